The van der Waals surface area contributed by atoms with Gasteiger partial charge in [-0.3, -0.25) is 4.79 Å². The molecule has 0 aromatic rings. The Hall–Kier alpha value is -2.37. The third-order valence-electron chi connectivity index (χ3n) is 7.04. The lowest BCUT2D eigenvalue weighted by Crippen LogP contribution is -2.60. The van der Waals surface area contributed by atoms with Crippen molar-refractivity contribution in [2.24, 2.45) is 0 Å². The third kappa shape index (κ3) is 17.8. The Labute approximate surface area is 264 Å². The second-order valence-corrected chi connectivity index (χ2v) is 10.9. The molecule has 0 aliphatic carbocycles. The summed E-state index contributed by atoms with van der Waals surface area (Å²) in [4.78, 5) is 12.7. The van der Waals surface area contributed by atoms with Gasteiger partial charge in [0.05, 0.1) is 25.4 Å². The number of amides is 1. The summed E-state index contributed by atoms with van der Waals surface area (Å²) in [5.74, 6) is -0.249. The van der Waals surface area contributed by atoms with Crippen LogP contribution in [-0.4, -0.2) is 87.5 Å². The zero-order valence-electron chi connectivity index (χ0n) is 26.6. The third-order valence-corrected chi connectivity index (χ3v) is 7.04. The molecular weight excluding hydrogens is 562 g/mol. The number of rotatable bonds is 23. The van der Waals surface area contributed by atoms with Gasteiger partial charge in [-0.2, -0.15) is 0 Å². The Morgan fingerprint density at radius 3 is 1.93 bits per heavy atom. The smallest absolute Gasteiger partial charge is 0.220 e. The zero-order valence-corrected chi connectivity index (χ0v) is 26.6. The predicted molar refractivity (Wildman–Crippen MR) is 175 cm³/mol. The van der Waals surface area contributed by atoms with Crippen LogP contribution in [0.5, 0.6) is 0 Å². The van der Waals surface area contributed by atoms with Crippen molar-refractivity contribution < 1.29 is 39.8 Å². The molecule has 1 fully saturated rings. The molecule has 1 aliphatic rings. The van der Waals surface area contributed by atoms with Crippen molar-refractivity contribution in [2.45, 2.75) is 127 Å². The highest BCUT2D eigenvalue weighted by Crippen LogP contribution is 2.22. The second-order valence-electron chi connectivity index (χ2n) is 10.9. The van der Waals surface area contributed by atoms with Crippen molar-refractivity contribution >= 4 is 5.91 Å². The fourth-order valence-electron chi connectivity index (χ4n) is 4.35. The molecule has 0 spiro atoms. The van der Waals surface area contributed by atoms with Gasteiger partial charge in [0.15, 0.2) is 6.29 Å². The van der Waals surface area contributed by atoms with Crippen LogP contribution in [0, 0.1) is 0 Å². The summed E-state index contributed by atoms with van der Waals surface area (Å²) < 4.78 is 11.0. The summed E-state index contributed by atoms with van der Waals surface area (Å²) in [5.41, 5.74) is 0. The van der Waals surface area contributed by atoms with Crippen molar-refractivity contribution in [3.8, 4) is 0 Å². The van der Waals surface area contributed by atoms with Crippen molar-refractivity contribution in [1.29, 1.82) is 0 Å². The molecule has 0 saturated carbocycles. The average molecular weight is 620 g/mol. The van der Waals surface area contributed by atoms with E-state index in [4.69, 9.17) is 9.47 Å². The van der Waals surface area contributed by atoms with Gasteiger partial charge in [-0.25, -0.2) is 0 Å². The van der Waals surface area contributed by atoms with Crippen LogP contribution in [-0.2, 0) is 14.3 Å². The summed E-state index contributed by atoms with van der Waals surface area (Å²) in [5, 5.41) is 53.2. The summed E-state index contributed by atoms with van der Waals surface area (Å²) >= 11 is 0. The molecule has 250 valence electrons. The standard InChI is InChI=1S/C35H57NO8/c1-3-5-7-9-10-11-12-13-14-15-16-17-18-19-20-21-23-25-31(39)36-28(29(38)24-22-8-6-4-2)27-43-35-34(42)33(41)32(40)30(26-37)44-35/h5,7,10-11,13-14,16-17,19-20,22,24,28-30,32-35,37-38,40-42H,3-4,6,8-9,12,15,18,21,23,25-27H2,1-2H3,(H,36,39)/b7-5-,11-10-,14-13-,17-16-,20-19-,24-22+. The van der Waals surface area contributed by atoms with Crippen LogP contribution in [0.3, 0.4) is 0 Å². The van der Waals surface area contributed by atoms with Crippen molar-refractivity contribution in [1.82, 2.24) is 5.32 Å². The van der Waals surface area contributed by atoms with Gasteiger partial charge in [0, 0.05) is 6.42 Å². The number of aliphatic hydroxyl groups is 5. The number of carbonyl (C=O) groups is 1. The fraction of sp³-hybridized carbons (Fsp3) is 0.629. The van der Waals surface area contributed by atoms with E-state index in [0.717, 1.165) is 57.8 Å². The molecule has 1 amide bonds. The first-order valence-electron chi connectivity index (χ1n) is 16.2. The summed E-state index contributed by atoms with van der Waals surface area (Å²) in [6, 6.07) is -0.832. The number of ether oxygens (including phenoxy) is 2. The normalized spacial score (nSPS) is 24.6. The second kappa shape index (κ2) is 25.9. The van der Waals surface area contributed by atoms with E-state index in [1.807, 2.05) is 6.08 Å². The van der Waals surface area contributed by atoms with Crippen LogP contribution in [0.2, 0.25) is 0 Å². The molecule has 6 N–H and O–H groups in total. The highest BCUT2D eigenvalue weighted by Gasteiger charge is 2.44. The first-order valence-corrected chi connectivity index (χ1v) is 16.2. The van der Waals surface area contributed by atoms with Gasteiger partial charge in [0.1, 0.15) is 24.4 Å². The van der Waals surface area contributed by atoms with Crippen molar-refractivity contribution in [3.63, 3.8) is 0 Å². The van der Waals surface area contributed by atoms with Gasteiger partial charge in [0.2, 0.25) is 5.91 Å². The van der Waals surface area contributed by atoms with Crippen molar-refractivity contribution in [2.75, 3.05) is 13.2 Å². The average Bonchev–Trinajstić information content (AvgIpc) is 3.02. The molecule has 0 aromatic heterocycles. The van der Waals surface area contributed by atoms with Crippen LogP contribution >= 0.6 is 0 Å². The minimum Gasteiger partial charge on any atom is -0.394 e. The van der Waals surface area contributed by atoms with Crippen molar-refractivity contribution in [3.05, 3.63) is 72.9 Å². The quantitative estimate of drug-likeness (QED) is 0.0732. The number of carbonyl (C=O) groups excluding carboxylic acids is 1. The molecule has 7 atom stereocenters. The molecule has 1 saturated heterocycles. The van der Waals surface area contributed by atoms with Crippen LogP contribution in [0.15, 0.2) is 72.9 Å². The maximum absolute atomic E-state index is 12.7. The van der Waals surface area contributed by atoms with Gasteiger partial charge in [-0.1, -0.05) is 99.6 Å². The molecule has 44 heavy (non-hydrogen) atoms. The van der Waals surface area contributed by atoms with Crippen LogP contribution < -0.4 is 5.32 Å². The number of hydrogen-bond acceptors (Lipinski definition) is 8. The van der Waals surface area contributed by atoms with Gasteiger partial charge in [0.25, 0.3) is 0 Å². The lowest BCUT2D eigenvalue weighted by Gasteiger charge is -2.40. The predicted octanol–water partition coefficient (Wildman–Crippen LogP) is 4.32. The lowest BCUT2D eigenvalue weighted by molar-refractivity contribution is -0.302. The van der Waals surface area contributed by atoms with E-state index in [2.05, 4.69) is 79.9 Å². The van der Waals surface area contributed by atoms with Crippen LogP contribution in [0.4, 0.5) is 0 Å². The largest absolute Gasteiger partial charge is 0.394 e. The van der Waals surface area contributed by atoms with E-state index in [1.54, 1.807) is 6.08 Å². The van der Waals surface area contributed by atoms with Gasteiger partial charge in [-0.15, -0.1) is 0 Å². The molecule has 0 aromatic carbocycles. The van der Waals surface area contributed by atoms with E-state index in [1.165, 1.54) is 0 Å². The molecule has 1 rings (SSSR count). The Balaban J connectivity index is 2.44. The van der Waals surface area contributed by atoms with E-state index in [0.29, 0.717) is 6.42 Å². The first-order chi connectivity index (χ1) is 21.3. The summed E-state index contributed by atoms with van der Waals surface area (Å²) in [7, 11) is 0. The fourth-order valence-corrected chi connectivity index (χ4v) is 4.35. The minimum atomic E-state index is -1.58. The SMILES string of the molecule is CC/C=C\C/C=C\C/C=C\C/C=C\C/C=C\CCCC(=O)NC(COC1OC(CO)C(O)C(O)C1O)C(O)/C=C/CCCC. The molecule has 1 aliphatic heterocycles. The number of hydrogen-bond donors (Lipinski definition) is 6. The number of nitrogens with one attached hydrogen (secondary N) is 1. The lowest BCUT2D eigenvalue weighted by atomic mass is 9.99. The molecule has 9 heteroatoms. The monoisotopic (exact) mass is 619 g/mol. The highest BCUT2D eigenvalue weighted by atomic mass is 16.7. The molecule has 0 radical (unpaired) electrons. The molecule has 1 heterocycles. The van der Waals surface area contributed by atoms with Gasteiger partial charge >= 0.3 is 0 Å². The Morgan fingerprint density at radius 2 is 1.36 bits per heavy atom. The highest BCUT2D eigenvalue weighted by molar-refractivity contribution is 5.76. The van der Waals surface area contributed by atoms with Crippen LogP contribution in [0.25, 0.3) is 0 Å². The number of unbranched alkanes of at least 4 members (excludes halogenated alkanes) is 3. The molecule has 7 unspecified atom stereocenters. The first kappa shape index (κ1) is 39.7. The maximum Gasteiger partial charge on any atom is 0.220 e. The van der Waals surface area contributed by atoms with E-state index >= 15 is 0 Å². The van der Waals surface area contributed by atoms with Gasteiger partial charge < -0.3 is 40.3 Å². The minimum absolute atomic E-state index is 0.220. The molecule has 9 nitrogen and oxygen atoms in total. The molecule has 0 bridgehead atoms. The van der Waals surface area contributed by atoms with E-state index < -0.39 is 49.5 Å². The maximum atomic E-state index is 12.7. The van der Waals surface area contributed by atoms with E-state index in [9.17, 15) is 30.3 Å². The topological polar surface area (TPSA) is 149 Å². The number of aliphatic hydroxyl groups excluding tert-OH is 5. The summed E-state index contributed by atoms with van der Waals surface area (Å²) in [6.45, 7) is 3.40. The number of allylic oxidation sites excluding steroid dienone is 11. The van der Waals surface area contributed by atoms with Crippen LogP contribution in [0.1, 0.15) is 84.5 Å². The Bertz CT molecular complexity index is 910. The van der Waals surface area contributed by atoms with Gasteiger partial charge in [-0.05, 0) is 51.4 Å². The van der Waals surface area contributed by atoms with E-state index in [-0.39, 0.29) is 18.9 Å². The molecular formula is C35H57NO8. The Kier molecular flexibility index (Phi) is 23.3. The summed E-state index contributed by atoms with van der Waals surface area (Å²) in [6.07, 6.45) is 25.9. The zero-order chi connectivity index (χ0) is 32.4. The Morgan fingerprint density at radius 1 is 0.795 bits per heavy atom.